The number of rotatable bonds is 4. The highest BCUT2D eigenvalue weighted by molar-refractivity contribution is 9.10. The van der Waals surface area contributed by atoms with Crippen molar-refractivity contribution in [3.05, 3.63) is 16.9 Å². The van der Waals surface area contributed by atoms with Crippen molar-refractivity contribution in [1.82, 2.24) is 15.1 Å². The fourth-order valence-electron chi connectivity index (χ4n) is 1.13. The smallest absolute Gasteiger partial charge is 0.0632 e. The lowest BCUT2D eigenvalue weighted by Crippen LogP contribution is -2.21. The molecule has 0 saturated heterocycles. The van der Waals surface area contributed by atoms with E-state index in [4.69, 9.17) is 0 Å². The van der Waals surface area contributed by atoms with Gasteiger partial charge in [0.1, 0.15) is 0 Å². The molecule has 0 aliphatic heterocycles. The van der Waals surface area contributed by atoms with Crippen LogP contribution in [0.2, 0.25) is 0 Å². The Balaban J connectivity index is 1.71. The second-order valence-electron chi connectivity index (χ2n) is 3.15. The summed E-state index contributed by atoms with van der Waals surface area (Å²) in [7, 11) is 0. The second kappa shape index (κ2) is 3.58. The molecule has 3 nitrogen and oxygen atoms in total. The molecular formula is C8H12BrN3. The van der Waals surface area contributed by atoms with Crippen molar-refractivity contribution in [1.29, 1.82) is 0 Å². The van der Waals surface area contributed by atoms with Gasteiger partial charge >= 0.3 is 0 Å². The fourth-order valence-corrected chi connectivity index (χ4v) is 1.46. The maximum absolute atomic E-state index is 4.16. The van der Waals surface area contributed by atoms with Crippen molar-refractivity contribution in [3.8, 4) is 0 Å². The number of nitrogens with zero attached hydrogens (tertiary/aromatic N) is 2. The minimum absolute atomic E-state index is 0.795. The average molecular weight is 230 g/mol. The Labute approximate surface area is 80.3 Å². The summed E-state index contributed by atoms with van der Waals surface area (Å²) in [5, 5.41) is 7.60. The first-order valence-electron chi connectivity index (χ1n) is 4.26. The van der Waals surface area contributed by atoms with Crippen LogP contribution in [0.1, 0.15) is 12.8 Å². The van der Waals surface area contributed by atoms with Gasteiger partial charge in [-0.3, -0.25) is 4.68 Å². The molecule has 4 heteroatoms. The summed E-state index contributed by atoms with van der Waals surface area (Å²) in [5.41, 5.74) is 0. The Morgan fingerprint density at radius 1 is 1.67 bits per heavy atom. The highest BCUT2D eigenvalue weighted by Crippen LogP contribution is 2.18. The molecule has 0 unspecified atom stereocenters. The molecule has 0 radical (unpaired) electrons. The fraction of sp³-hybridized carbons (Fsp3) is 0.625. The number of halogens is 1. The number of nitrogens with one attached hydrogen (secondary N) is 1. The lowest BCUT2D eigenvalue weighted by Gasteiger charge is -2.01. The van der Waals surface area contributed by atoms with Crippen molar-refractivity contribution in [2.45, 2.75) is 25.4 Å². The Hall–Kier alpha value is -0.350. The molecule has 0 amide bonds. The zero-order chi connectivity index (χ0) is 8.39. The normalized spacial score (nSPS) is 16.8. The first-order chi connectivity index (χ1) is 5.84. The largest absolute Gasteiger partial charge is 0.312 e. The molecule has 2 rings (SSSR count). The zero-order valence-corrected chi connectivity index (χ0v) is 8.42. The summed E-state index contributed by atoms with van der Waals surface area (Å²) in [6.45, 7) is 1.99. The van der Waals surface area contributed by atoms with Gasteiger partial charge in [-0.1, -0.05) is 0 Å². The van der Waals surface area contributed by atoms with Crippen LogP contribution in [0.5, 0.6) is 0 Å². The monoisotopic (exact) mass is 229 g/mol. The first-order valence-corrected chi connectivity index (χ1v) is 5.05. The predicted molar refractivity (Wildman–Crippen MR) is 51.0 cm³/mol. The highest BCUT2D eigenvalue weighted by Gasteiger charge is 2.19. The molecule has 1 aliphatic carbocycles. The molecule has 66 valence electrons. The van der Waals surface area contributed by atoms with Crippen LogP contribution in [0, 0.1) is 0 Å². The standard InChI is InChI=1S/C8H12BrN3/c9-7-5-11-12(6-7)4-3-10-8-1-2-8/h5-6,8,10H,1-4H2. The molecule has 0 spiro atoms. The molecule has 1 saturated carbocycles. The van der Waals surface area contributed by atoms with E-state index < -0.39 is 0 Å². The van der Waals surface area contributed by atoms with E-state index in [1.807, 2.05) is 17.1 Å². The second-order valence-corrected chi connectivity index (χ2v) is 4.07. The van der Waals surface area contributed by atoms with Crippen LogP contribution in [0.4, 0.5) is 0 Å². The molecule has 1 aliphatic rings. The summed E-state index contributed by atoms with van der Waals surface area (Å²) in [5.74, 6) is 0. The van der Waals surface area contributed by atoms with E-state index in [2.05, 4.69) is 26.3 Å². The molecule has 0 aromatic carbocycles. The molecule has 1 N–H and O–H groups in total. The van der Waals surface area contributed by atoms with Gasteiger partial charge in [0.05, 0.1) is 17.2 Å². The van der Waals surface area contributed by atoms with Crippen LogP contribution in [0.15, 0.2) is 16.9 Å². The Morgan fingerprint density at radius 2 is 2.50 bits per heavy atom. The van der Waals surface area contributed by atoms with Gasteiger partial charge in [0, 0.05) is 18.8 Å². The van der Waals surface area contributed by atoms with Crippen LogP contribution in [0.25, 0.3) is 0 Å². The maximum Gasteiger partial charge on any atom is 0.0632 e. The van der Waals surface area contributed by atoms with E-state index in [1.165, 1.54) is 12.8 Å². The number of aromatic nitrogens is 2. The third-order valence-electron chi connectivity index (χ3n) is 1.95. The average Bonchev–Trinajstić information content (AvgIpc) is 2.76. The van der Waals surface area contributed by atoms with Gasteiger partial charge in [-0.15, -0.1) is 0 Å². The van der Waals surface area contributed by atoms with E-state index in [1.54, 1.807) is 0 Å². The zero-order valence-electron chi connectivity index (χ0n) is 6.83. The van der Waals surface area contributed by atoms with E-state index in [9.17, 15) is 0 Å². The third-order valence-corrected chi connectivity index (χ3v) is 2.36. The summed E-state index contributed by atoms with van der Waals surface area (Å²) in [6, 6.07) is 0.795. The van der Waals surface area contributed by atoms with Crippen LogP contribution in [-0.2, 0) is 6.54 Å². The third kappa shape index (κ3) is 2.32. The van der Waals surface area contributed by atoms with Crippen molar-refractivity contribution in [2.24, 2.45) is 0 Å². The summed E-state index contributed by atoms with van der Waals surface area (Å²) < 4.78 is 2.99. The van der Waals surface area contributed by atoms with E-state index in [0.717, 1.165) is 23.6 Å². The molecule has 0 atom stereocenters. The quantitative estimate of drug-likeness (QED) is 0.847. The summed E-state index contributed by atoms with van der Waals surface area (Å²) >= 11 is 3.36. The molecular weight excluding hydrogens is 218 g/mol. The van der Waals surface area contributed by atoms with Gasteiger partial charge < -0.3 is 5.32 Å². The molecule has 1 fully saturated rings. The highest BCUT2D eigenvalue weighted by atomic mass is 79.9. The molecule has 12 heavy (non-hydrogen) atoms. The number of hydrogen-bond acceptors (Lipinski definition) is 2. The Kier molecular flexibility index (Phi) is 2.46. The Bertz CT molecular complexity index is 255. The maximum atomic E-state index is 4.16. The lowest BCUT2D eigenvalue weighted by molar-refractivity contribution is 0.553. The van der Waals surface area contributed by atoms with Gasteiger partial charge in [-0.05, 0) is 28.8 Å². The van der Waals surface area contributed by atoms with E-state index in [0.29, 0.717) is 0 Å². The van der Waals surface area contributed by atoms with Crippen LogP contribution >= 0.6 is 15.9 Å². The van der Waals surface area contributed by atoms with E-state index >= 15 is 0 Å². The molecule has 1 aromatic heterocycles. The van der Waals surface area contributed by atoms with Crippen LogP contribution in [0.3, 0.4) is 0 Å². The van der Waals surface area contributed by atoms with Gasteiger partial charge in [0.25, 0.3) is 0 Å². The van der Waals surface area contributed by atoms with Gasteiger partial charge in [-0.2, -0.15) is 5.10 Å². The first kappa shape index (κ1) is 8.26. The van der Waals surface area contributed by atoms with Crippen molar-refractivity contribution in [3.63, 3.8) is 0 Å². The predicted octanol–water partition coefficient (Wildman–Crippen LogP) is 1.40. The van der Waals surface area contributed by atoms with E-state index in [-0.39, 0.29) is 0 Å². The molecule has 0 bridgehead atoms. The molecule has 1 aromatic rings. The lowest BCUT2D eigenvalue weighted by atomic mass is 10.6. The topological polar surface area (TPSA) is 29.9 Å². The van der Waals surface area contributed by atoms with Gasteiger partial charge in [-0.25, -0.2) is 0 Å². The SMILES string of the molecule is Brc1cnn(CCNC2CC2)c1. The van der Waals surface area contributed by atoms with Crippen molar-refractivity contribution < 1.29 is 0 Å². The van der Waals surface area contributed by atoms with Gasteiger partial charge in [0.15, 0.2) is 0 Å². The minimum atomic E-state index is 0.795. The van der Waals surface area contributed by atoms with Crippen LogP contribution in [-0.4, -0.2) is 22.4 Å². The van der Waals surface area contributed by atoms with Crippen molar-refractivity contribution >= 4 is 15.9 Å². The Morgan fingerprint density at radius 3 is 3.08 bits per heavy atom. The molecule has 1 heterocycles. The summed E-state index contributed by atoms with van der Waals surface area (Å²) in [4.78, 5) is 0. The van der Waals surface area contributed by atoms with Crippen LogP contribution < -0.4 is 5.32 Å². The summed E-state index contributed by atoms with van der Waals surface area (Å²) in [6.07, 6.45) is 6.51. The van der Waals surface area contributed by atoms with Gasteiger partial charge in [0.2, 0.25) is 0 Å². The minimum Gasteiger partial charge on any atom is -0.312 e. The van der Waals surface area contributed by atoms with Crippen molar-refractivity contribution in [2.75, 3.05) is 6.54 Å². The number of hydrogen-bond donors (Lipinski definition) is 1.